The molecule has 0 amide bonds. The Morgan fingerprint density at radius 1 is 1.00 bits per heavy atom. The summed E-state index contributed by atoms with van der Waals surface area (Å²) < 4.78 is 13.2. The maximum absolute atomic E-state index is 13.2. The van der Waals surface area contributed by atoms with E-state index in [-0.39, 0.29) is 36.8 Å². The Labute approximate surface area is 133 Å². The van der Waals surface area contributed by atoms with Gasteiger partial charge < -0.3 is 5.11 Å². The molecule has 1 N–H and O–H groups in total. The van der Waals surface area contributed by atoms with E-state index < -0.39 is 11.8 Å². The number of halogens is 5. The number of carbonyl (C=O) groups is 1. The van der Waals surface area contributed by atoms with Gasteiger partial charge in [0, 0.05) is 5.56 Å². The summed E-state index contributed by atoms with van der Waals surface area (Å²) >= 11 is 23.9. The van der Waals surface area contributed by atoms with Gasteiger partial charge in [0.1, 0.15) is 5.82 Å². The molecular weight excluding hydrogens is 349 g/mol. The van der Waals surface area contributed by atoms with Crippen LogP contribution in [-0.4, -0.2) is 11.1 Å². The molecule has 2 nitrogen and oxygen atoms in total. The molecule has 104 valence electrons. The quantitative estimate of drug-likeness (QED) is 0.692. The van der Waals surface area contributed by atoms with Gasteiger partial charge in [0.15, 0.2) is 0 Å². The maximum atomic E-state index is 13.2. The van der Waals surface area contributed by atoms with E-state index in [0.29, 0.717) is 0 Å². The zero-order valence-corrected chi connectivity index (χ0v) is 12.6. The second kappa shape index (κ2) is 5.78. The molecule has 0 saturated heterocycles. The van der Waals surface area contributed by atoms with Gasteiger partial charge in [0.05, 0.1) is 25.7 Å². The Morgan fingerprint density at radius 3 is 2.05 bits per heavy atom. The smallest absolute Gasteiger partial charge is 0.336 e. The minimum absolute atomic E-state index is 0.0511. The van der Waals surface area contributed by atoms with Gasteiger partial charge in [-0.2, -0.15) is 0 Å². The Balaban J connectivity index is 2.85. The lowest BCUT2D eigenvalue weighted by atomic mass is 9.99. The van der Waals surface area contributed by atoms with Crippen molar-refractivity contribution in [1.29, 1.82) is 0 Å². The summed E-state index contributed by atoms with van der Waals surface area (Å²) in [6.45, 7) is 0. The number of hydrogen-bond donors (Lipinski definition) is 1. The van der Waals surface area contributed by atoms with E-state index in [1.54, 1.807) is 0 Å². The highest BCUT2D eigenvalue weighted by Gasteiger charge is 2.21. The Hall–Kier alpha value is -1.000. The number of rotatable bonds is 2. The molecule has 0 aliphatic carbocycles. The van der Waals surface area contributed by atoms with Crippen LogP contribution in [0, 0.1) is 5.82 Å². The Kier molecular flexibility index (Phi) is 4.45. The van der Waals surface area contributed by atoms with Crippen LogP contribution in [0.5, 0.6) is 0 Å². The zero-order chi connectivity index (χ0) is 15.0. The van der Waals surface area contributed by atoms with Crippen LogP contribution in [-0.2, 0) is 0 Å². The van der Waals surface area contributed by atoms with Gasteiger partial charge in [0.2, 0.25) is 0 Å². The van der Waals surface area contributed by atoms with Crippen molar-refractivity contribution in [1.82, 2.24) is 0 Å². The summed E-state index contributed by atoms with van der Waals surface area (Å²) in [4.78, 5) is 11.2. The predicted octanol–water partition coefficient (Wildman–Crippen LogP) is 5.80. The number of hydrogen-bond acceptors (Lipinski definition) is 1. The molecule has 0 saturated carbocycles. The molecule has 0 aliphatic heterocycles. The first kappa shape index (κ1) is 15.4. The van der Waals surface area contributed by atoms with E-state index in [1.807, 2.05) is 0 Å². The lowest BCUT2D eigenvalue weighted by molar-refractivity contribution is 0.0697. The molecule has 7 heteroatoms. The maximum Gasteiger partial charge on any atom is 0.336 e. The van der Waals surface area contributed by atoms with Crippen molar-refractivity contribution in [3.8, 4) is 11.1 Å². The summed E-state index contributed by atoms with van der Waals surface area (Å²) in [5.74, 6) is -2.01. The van der Waals surface area contributed by atoms with Gasteiger partial charge in [-0.1, -0.05) is 52.5 Å². The van der Waals surface area contributed by atoms with Crippen LogP contribution >= 0.6 is 46.4 Å². The highest BCUT2D eigenvalue weighted by Crippen LogP contribution is 2.44. The third kappa shape index (κ3) is 2.72. The topological polar surface area (TPSA) is 37.3 Å². The molecule has 0 unspecified atom stereocenters. The Morgan fingerprint density at radius 2 is 1.55 bits per heavy atom. The fraction of sp³-hybridized carbons (Fsp3) is 0. The van der Waals surface area contributed by atoms with Crippen LogP contribution < -0.4 is 0 Å². The number of aromatic carboxylic acids is 1. The van der Waals surface area contributed by atoms with E-state index in [1.165, 1.54) is 12.1 Å². The van der Waals surface area contributed by atoms with Crippen molar-refractivity contribution >= 4 is 52.4 Å². The highest BCUT2D eigenvalue weighted by molar-refractivity contribution is 6.50. The normalized spacial score (nSPS) is 10.7. The molecule has 0 bridgehead atoms. The Bertz CT molecular complexity index is 690. The fourth-order valence-electron chi connectivity index (χ4n) is 1.72. The summed E-state index contributed by atoms with van der Waals surface area (Å²) in [6, 6.07) is 4.59. The first-order valence-electron chi connectivity index (χ1n) is 5.19. The van der Waals surface area contributed by atoms with Gasteiger partial charge in [-0.3, -0.25) is 0 Å². The van der Waals surface area contributed by atoms with Crippen LogP contribution in [0.15, 0.2) is 24.3 Å². The summed E-state index contributed by atoms with van der Waals surface area (Å²) in [7, 11) is 0. The van der Waals surface area contributed by atoms with Gasteiger partial charge in [-0.25, -0.2) is 9.18 Å². The van der Waals surface area contributed by atoms with Crippen molar-refractivity contribution in [3.05, 3.63) is 55.7 Å². The van der Waals surface area contributed by atoms with Crippen LogP contribution in [0.2, 0.25) is 20.1 Å². The fourth-order valence-corrected chi connectivity index (χ4v) is 2.73. The summed E-state index contributed by atoms with van der Waals surface area (Å²) in [6.07, 6.45) is 0. The standard InChI is InChI=1S/C13H5Cl4FO2/c14-8-4-9(15)12(17)10(11(8)16)6-2-1-5(18)3-7(6)13(19)20/h1-4H,(H,19,20). The number of carboxylic acids is 1. The highest BCUT2D eigenvalue weighted by atomic mass is 35.5. The largest absolute Gasteiger partial charge is 0.478 e. The van der Waals surface area contributed by atoms with Gasteiger partial charge in [-0.15, -0.1) is 0 Å². The van der Waals surface area contributed by atoms with E-state index in [9.17, 15) is 9.18 Å². The van der Waals surface area contributed by atoms with Crippen molar-refractivity contribution in [2.75, 3.05) is 0 Å². The molecule has 0 radical (unpaired) electrons. The van der Waals surface area contributed by atoms with E-state index in [4.69, 9.17) is 51.5 Å². The lowest BCUT2D eigenvalue weighted by Gasteiger charge is -2.13. The average Bonchev–Trinajstić information content (AvgIpc) is 2.38. The predicted molar refractivity (Wildman–Crippen MR) is 78.8 cm³/mol. The van der Waals surface area contributed by atoms with Crippen molar-refractivity contribution in [3.63, 3.8) is 0 Å². The van der Waals surface area contributed by atoms with Gasteiger partial charge in [-0.05, 0) is 23.8 Å². The average molecular weight is 354 g/mol. The van der Waals surface area contributed by atoms with Crippen LogP contribution in [0.25, 0.3) is 11.1 Å². The first-order valence-corrected chi connectivity index (χ1v) is 6.70. The second-order valence-corrected chi connectivity index (χ2v) is 5.41. The van der Waals surface area contributed by atoms with E-state index in [0.717, 1.165) is 12.1 Å². The molecule has 0 aliphatic rings. The number of benzene rings is 2. The minimum atomic E-state index is -1.32. The van der Waals surface area contributed by atoms with Gasteiger partial charge in [0.25, 0.3) is 0 Å². The van der Waals surface area contributed by atoms with Crippen LogP contribution in [0.3, 0.4) is 0 Å². The molecule has 2 aromatic rings. The lowest BCUT2D eigenvalue weighted by Crippen LogP contribution is -2.01. The van der Waals surface area contributed by atoms with Crippen molar-refractivity contribution in [2.45, 2.75) is 0 Å². The molecule has 0 fully saturated rings. The van der Waals surface area contributed by atoms with Gasteiger partial charge >= 0.3 is 5.97 Å². The third-order valence-electron chi connectivity index (χ3n) is 2.59. The summed E-state index contributed by atoms with van der Waals surface area (Å²) in [5.41, 5.74) is 0.00802. The first-order chi connectivity index (χ1) is 9.32. The second-order valence-electron chi connectivity index (χ2n) is 3.84. The minimum Gasteiger partial charge on any atom is -0.478 e. The molecule has 2 rings (SSSR count). The van der Waals surface area contributed by atoms with E-state index >= 15 is 0 Å². The van der Waals surface area contributed by atoms with E-state index in [2.05, 4.69) is 0 Å². The van der Waals surface area contributed by atoms with Crippen molar-refractivity contribution in [2.24, 2.45) is 0 Å². The number of carboxylic acid groups (broad SMARTS) is 1. The summed E-state index contributed by atoms with van der Waals surface area (Å²) in [5, 5.41) is 9.50. The van der Waals surface area contributed by atoms with Crippen LogP contribution in [0.1, 0.15) is 10.4 Å². The molecule has 0 spiro atoms. The third-order valence-corrected chi connectivity index (χ3v) is 4.17. The molecule has 0 atom stereocenters. The molecular formula is C13H5Cl4FO2. The monoisotopic (exact) mass is 352 g/mol. The zero-order valence-electron chi connectivity index (χ0n) is 9.55. The molecule has 2 aromatic carbocycles. The van der Waals surface area contributed by atoms with Crippen LogP contribution in [0.4, 0.5) is 4.39 Å². The molecule has 20 heavy (non-hydrogen) atoms. The SMILES string of the molecule is O=C(O)c1cc(F)ccc1-c1c(Cl)c(Cl)cc(Cl)c1Cl. The molecule has 0 aromatic heterocycles. The molecule has 0 heterocycles. The van der Waals surface area contributed by atoms with Crippen molar-refractivity contribution < 1.29 is 14.3 Å².